The van der Waals surface area contributed by atoms with Crippen molar-refractivity contribution in [1.29, 1.82) is 0 Å². The van der Waals surface area contributed by atoms with Gasteiger partial charge in [0.15, 0.2) is 0 Å². The molecule has 0 spiro atoms. The van der Waals surface area contributed by atoms with E-state index in [1.54, 1.807) is 12.1 Å². The second-order valence-corrected chi connectivity index (χ2v) is 5.42. The molecule has 0 radical (unpaired) electrons. The summed E-state index contributed by atoms with van der Waals surface area (Å²) in [5.74, 6) is -0.799. The van der Waals surface area contributed by atoms with E-state index < -0.39 is 16.4 Å². The third-order valence-electron chi connectivity index (χ3n) is 3.47. The summed E-state index contributed by atoms with van der Waals surface area (Å²) in [4.78, 5) is 52.2. The van der Waals surface area contributed by atoms with E-state index in [1.807, 2.05) is 36.4 Å². The zero-order chi connectivity index (χ0) is 24.4. The largest absolute Gasteiger partial charge is 0.373 e. The third kappa shape index (κ3) is 10.6. The molecule has 0 saturated heterocycles. The van der Waals surface area contributed by atoms with Crippen molar-refractivity contribution in [3.8, 4) is 0 Å². The molecule has 0 N–H and O–H groups in total. The maximum atomic E-state index is 12.4. The second-order valence-electron chi connectivity index (χ2n) is 5.42. The Balaban J connectivity index is 0.000000513. The Morgan fingerprint density at radius 1 is 0.656 bits per heavy atom. The first kappa shape index (κ1) is 27.2. The molecule has 0 atom stereocenters. The Labute approximate surface area is 180 Å². The van der Waals surface area contributed by atoms with Crippen molar-refractivity contribution in [2.45, 2.75) is 6.42 Å². The van der Waals surface area contributed by atoms with Gasteiger partial charge in [-0.15, -0.1) is 0 Å². The molecule has 0 bridgehead atoms. The van der Waals surface area contributed by atoms with Gasteiger partial charge in [-0.25, -0.2) is 0 Å². The van der Waals surface area contributed by atoms with Crippen molar-refractivity contribution < 1.29 is 33.4 Å². The fourth-order valence-electron chi connectivity index (χ4n) is 2.25. The van der Waals surface area contributed by atoms with Gasteiger partial charge in [-0.1, -0.05) is 60.7 Å². The van der Waals surface area contributed by atoms with Crippen LogP contribution < -0.4 is 0 Å². The number of carbonyl (C=O) groups excluding carboxylic acids is 4. The minimum atomic E-state index is -0.799. The zero-order valence-corrected chi connectivity index (χ0v) is 16.3. The molecule has 11 heteroatoms. The average molecular weight is 442 g/mol. The van der Waals surface area contributed by atoms with Crippen molar-refractivity contribution in [1.82, 2.24) is 0 Å². The number of para-hydroxylation sites is 2. The van der Waals surface area contributed by atoms with Crippen LogP contribution in [0.1, 0.15) is 11.1 Å². The van der Waals surface area contributed by atoms with Crippen LogP contribution in [-0.4, -0.2) is 22.1 Å². The number of nitro benzene ring substituents is 2. The van der Waals surface area contributed by atoms with Crippen molar-refractivity contribution >= 4 is 23.7 Å². The third-order valence-corrected chi connectivity index (χ3v) is 3.47. The Bertz CT molecular complexity index is 1070. The first-order valence-corrected chi connectivity index (χ1v) is 8.46. The van der Waals surface area contributed by atoms with Crippen LogP contribution in [-0.2, 0) is 25.6 Å². The van der Waals surface area contributed by atoms with E-state index in [4.69, 9.17) is 19.2 Å². The summed E-state index contributed by atoms with van der Waals surface area (Å²) < 4.78 is 12.4. The average Bonchev–Trinajstić information content (AvgIpc) is 2.76. The summed E-state index contributed by atoms with van der Waals surface area (Å²) in [6, 6.07) is 21.6. The van der Waals surface area contributed by atoms with Crippen molar-refractivity contribution in [2.24, 2.45) is 0 Å². The molecule has 0 aliphatic carbocycles. The summed E-state index contributed by atoms with van der Waals surface area (Å²) in [7, 11) is 0. The first-order chi connectivity index (χ1) is 15.3. The van der Waals surface area contributed by atoms with Gasteiger partial charge in [0.1, 0.15) is 0 Å². The Morgan fingerprint density at radius 3 is 1.50 bits per heavy atom. The van der Waals surface area contributed by atoms with Crippen molar-refractivity contribution in [3.63, 3.8) is 0 Å². The molecular weight excluding hydrogens is 427 g/mol. The number of hydrogen-bond acceptors (Lipinski definition) is 8. The molecule has 0 aliphatic heterocycles. The molecule has 3 rings (SSSR count). The number of halogens is 1. The van der Waals surface area contributed by atoms with E-state index >= 15 is 0 Å². The van der Waals surface area contributed by atoms with E-state index in [0.717, 1.165) is 23.3 Å². The lowest BCUT2D eigenvalue weighted by Gasteiger charge is -2.02. The smallest absolute Gasteiger partial charge is 0.258 e. The van der Waals surface area contributed by atoms with E-state index in [0.29, 0.717) is 6.42 Å². The van der Waals surface area contributed by atoms with Crippen LogP contribution in [0.5, 0.6) is 0 Å². The van der Waals surface area contributed by atoms with E-state index in [9.17, 15) is 24.6 Å². The normalized spacial score (nSPS) is 8.41. The maximum Gasteiger partial charge on any atom is 0.373 e. The lowest BCUT2D eigenvalue weighted by Crippen LogP contribution is -1.95. The molecule has 3 aromatic rings. The van der Waals surface area contributed by atoms with Crippen molar-refractivity contribution in [2.75, 3.05) is 0 Å². The van der Waals surface area contributed by atoms with Gasteiger partial charge >= 0.3 is 18.0 Å². The quantitative estimate of drug-likeness (QED) is 0.437. The molecule has 10 nitrogen and oxygen atoms in total. The van der Waals surface area contributed by atoms with Crippen LogP contribution in [0.15, 0.2) is 78.9 Å². The molecule has 0 aliphatic rings. The number of rotatable bonds is 4. The predicted octanol–water partition coefficient (Wildman–Crippen LogP) is 3.75. The highest BCUT2D eigenvalue weighted by Crippen LogP contribution is 2.20. The molecule has 0 unspecified atom stereocenters. The lowest BCUT2D eigenvalue weighted by molar-refractivity contribution is -0.387. The van der Waals surface area contributed by atoms with Gasteiger partial charge in [-0.2, -0.15) is 23.6 Å². The summed E-state index contributed by atoms with van der Waals surface area (Å²) in [6.07, 6.45) is 1.10. The SMILES string of the molecule is O=C=O.O=C=O.O=[N+]([O-])c1ccccc1Cc1ccccc1.O=[N+]([O-])c1ccccc1F. The Hall–Kier alpha value is -4.85. The minimum Gasteiger partial charge on any atom is -0.258 e. The van der Waals surface area contributed by atoms with Crippen LogP contribution >= 0.6 is 0 Å². The fourth-order valence-corrected chi connectivity index (χ4v) is 2.25. The summed E-state index contributed by atoms with van der Waals surface area (Å²) in [5, 5.41) is 20.8. The standard InChI is InChI=1S/C13H11NO2.C6H4FNO2.2CO2/c15-14(16)13-9-5-4-8-12(13)10-11-6-2-1-3-7-11;7-5-3-1-2-4-6(5)8(9)10;2*2-1-3/h1-9H,10H2;1-4H;;. The summed E-state index contributed by atoms with van der Waals surface area (Å²) in [5.41, 5.74) is 1.53. The van der Waals surface area contributed by atoms with Gasteiger partial charge in [-0.05, 0) is 11.6 Å². The predicted molar refractivity (Wildman–Crippen MR) is 105 cm³/mol. The van der Waals surface area contributed by atoms with Crippen LogP contribution in [0.4, 0.5) is 15.8 Å². The number of hydrogen-bond donors (Lipinski definition) is 0. The monoisotopic (exact) mass is 442 g/mol. The fraction of sp³-hybridized carbons (Fsp3) is 0.0476. The van der Waals surface area contributed by atoms with Crippen LogP contribution in [0, 0.1) is 26.0 Å². The highest BCUT2D eigenvalue weighted by molar-refractivity contribution is 5.42. The molecule has 0 saturated carbocycles. The van der Waals surface area contributed by atoms with E-state index in [2.05, 4.69) is 0 Å². The van der Waals surface area contributed by atoms with Gasteiger partial charge in [-0.3, -0.25) is 20.2 Å². The highest BCUT2D eigenvalue weighted by atomic mass is 19.1. The van der Waals surface area contributed by atoms with Crippen LogP contribution in [0.25, 0.3) is 0 Å². The molecular formula is C21H15FN2O8. The van der Waals surface area contributed by atoms with E-state index in [-0.39, 0.29) is 22.9 Å². The van der Waals surface area contributed by atoms with Gasteiger partial charge in [0.05, 0.1) is 9.85 Å². The number of nitro groups is 2. The molecule has 0 fully saturated rings. The first-order valence-electron chi connectivity index (χ1n) is 8.46. The molecule has 3 aromatic carbocycles. The Morgan fingerprint density at radius 2 is 1.06 bits per heavy atom. The van der Waals surface area contributed by atoms with Gasteiger partial charge in [0.2, 0.25) is 5.82 Å². The molecule has 0 aromatic heterocycles. The Kier molecular flexibility index (Phi) is 13.6. The minimum absolute atomic E-state index is 0.186. The van der Waals surface area contributed by atoms with Gasteiger partial charge in [0, 0.05) is 24.1 Å². The highest BCUT2D eigenvalue weighted by Gasteiger charge is 2.12. The molecule has 0 heterocycles. The maximum absolute atomic E-state index is 12.4. The molecule has 32 heavy (non-hydrogen) atoms. The summed E-state index contributed by atoms with van der Waals surface area (Å²) in [6.45, 7) is 0. The number of nitrogens with zero attached hydrogens (tertiary/aromatic N) is 2. The van der Waals surface area contributed by atoms with Crippen LogP contribution in [0.3, 0.4) is 0 Å². The topological polar surface area (TPSA) is 155 Å². The second kappa shape index (κ2) is 16.0. The lowest BCUT2D eigenvalue weighted by atomic mass is 10.0. The summed E-state index contributed by atoms with van der Waals surface area (Å²) >= 11 is 0. The number of benzene rings is 3. The van der Waals surface area contributed by atoms with Crippen LogP contribution in [0.2, 0.25) is 0 Å². The molecule has 164 valence electrons. The molecule has 0 amide bonds. The van der Waals surface area contributed by atoms with E-state index in [1.165, 1.54) is 18.2 Å². The van der Waals surface area contributed by atoms with Gasteiger partial charge in [0.25, 0.3) is 5.69 Å². The zero-order valence-electron chi connectivity index (χ0n) is 16.3. The van der Waals surface area contributed by atoms with Crippen molar-refractivity contribution in [3.05, 3.63) is 116 Å². The van der Waals surface area contributed by atoms with Gasteiger partial charge < -0.3 is 0 Å².